The molecule has 0 bridgehead atoms. The number of imidazole rings is 1. The van der Waals surface area contributed by atoms with E-state index in [9.17, 15) is 0 Å². The Balaban J connectivity index is 1.59. The van der Waals surface area contributed by atoms with Crippen LogP contribution in [0.5, 0.6) is 0 Å². The third-order valence-corrected chi connectivity index (χ3v) is 4.79. The second-order valence-electron chi connectivity index (χ2n) is 5.00. The third kappa shape index (κ3) is 1.97. The minimum atomic E-state index is 0.956. The molecule has 2 aromatic heterocycles. The van der Waals surface area contributed by atoms with Gasteiger partial charge in [0.2, 0.25) is 0 Å². The number of thiophene rings is 1. The van der Waals surface area contributed by atoms with E-state index >= 15 is 0 Å². The van der Waals surface area contributed by atoms with Crippen LogP contribution in [0.25, 0.3) is 10.1 Å². The van der Waals surface area contributed by atoms with Gasteiger partial charge in [-0.25, -0.2) is 4.98 Å². The lowest BCUT2D eigenvalue weighted by atomic mass is 10.1. The van der Waals surface area contributed by atoms with E-state index < -0.39 is 0 Å². The molecule has 3 aromatic rings. The number of fused-ring (bicyclic) bond motifs is 2. The van der Waals surface area contributed by atoms with Gasteiger partial charge in [0.25, 0.3) is 0 Å². The van der Waals surface area contributed by atoms with Crippen molar-refractivity contribution < 1.29 is 0 Å². The number of aromatic nitrogens is 2. The molecular weight excluding hydrogens is 254 g/mol. The van der Waals surface area contributed by atoms with Crippen molar-refractivity contribution in [1.82, 2.24) is 14.5 Å². The predicted octanol–water partition coefficient (Wildman–Crippen LogP) is 3.11. The molecular formula is C15H15N3S. The molecule has 19 heavy (non-hydrogen) atoms. The Kier molecular flexibility index (Phi) is 2.64. The number of nitrogens with zero attached hydrogens (tertiary/aromatic N) is 3. The first-order chi connectivity index (χ1) is 9.40. The molecule has 0 amide bonds. The van der Waals surface area contributed by atoms with Crippen LogP contribution in [-0.4, -0.2) is 21.0 Å². The van der Waals surface area contributed by atoms with E-state index in [4.69, 9.17) is 0 Å². The van der Waals surface area contributed by atoms with Crippen molar-refractivity contribution in [3.63, 3.8) is 0 Å². The van der Waals surface area contributed by atoms with Crippen LogP contribution in [-0.2, 0) is 19.6 Å². The molecule has 0 N–H and O–H groups in total. The highest BCUT2D eigenvalue weighted by Crippen LogP contribution is 2.27. The van der Waals surface area contributed by atoms with Crippen LogP contribution in [0.4, 0.5) is 0 Å². The highest BCUT2D eigenvalue weighted by Gasteiger charge is 2.17. The molecule has 1 aromatic carbocycles. The zero-order valence-corrected chi connectivity index (χ0v) is 11.4. The molecule has 96 valence electrons. The van der Waals surface area contributed by atoms with Crippen molar-refractivity contribution in [3.05, 3.63) is 53.4 Å². The average Bonchev–Trinajstić information content (AvgIpc) is 3.06. The molecule has 4 heteroatoms. The first-order valence-corrected chi connectivity index (χ1v) is 7.45. The molecule has 0 fully saturated rings. The SMILES string of the molecule is c1ccc2c(CN3CCn4ccnc4C3)csc2c1. The van der Waals surface area contributed by atoms with Gasteiger partial charge in [0.1, 0.15) is 5.82 Å². The largest absolute Gasteiger partial charge is 0.333 e. The summed E-state index contributed by atoms with van der Waals surface area (Å²) < 4.78 is 3.64. The van der Waals surface area contributed by atoms with Gasteiger partial charge in [0.15, 0.2) is 0 Å². The molecule has 0 saturated carbocycles. The van der Waals surface area contributed by atoms with Gasteiger partial charge in [-0.1, -0.05) is 18.2 Å². The van der Waals surface area contributed by atoms with Gasteiger partial charge in [-0.15, -0.1) is 11.3 Å². The molecule has 0 saturated heterocycles. The van der Waals surface area contributed by atoms with Crippen molar-refractivity contribution in [1.29, 1.82) is 0 Å². The maximum atomic E-state index is 4.42. The molecule has 1 aliphatic rings. The first-order valence-electron chi connectivity index (χ1n) is 6.57. The smallest absolute Gasteiger partial charge is 0.122 e. The molecule has 0 spiro atoms. The topological polar surface area (TPSA) is 21.1 Å². The number of hydrogen-bond donors (Lipinski definition) is 0. The highest BCUT2D eigenvalue weighted by molar-refractivity contribution is 7.17. The summed E-state index contributed by atoms with van der Waals surface area (Å²) in [5.74, 6) is 1.19. The van der Waals surface area contributed by atoms with E-state index in [1.807, 2.05) is 17.5 Å². The molecule has 3 heterocycles. The fraction of sp³-hybridized carbons (Fsp3) is 0.267. The van der Waals surface area contributed by atoms with Gasteiger partial charge >= 0.3 is 0 Å². The summed E-state index contributed by atoms with van der Waals surface area (Å²) >= 11 is 1.84. The zero-order valence-electron chi connectivity index (χ0n) is 10.6. The van der Waals surface area contributed by atoms with Crippen molar-refractivity contribution >= 4 is 21.4 Å². The maximum Gasteiger partial charge on any atom is 0.122 e. The van der Waals surface area contributed by atoms with E-state index in [0.29, 0.717) is 0 Å². The van der Waals surface area contributed by atoms with Gasteiger partial charge < -0.3 is 4.57 Å². The molecule has 3 nitrogen and oxygen atoms in total. The van der Waals surface area contributed by atoms with Crippen LogP contribution in [0.1, 0.15) is 11.4 Å². The van der Waals surface area contributed by atoms with Crippen LogP contribution in [0.15, 0.2) is 42.0 Å². The van der Waals surface area contributed by atoms with Crippen molar-refractivity contribution in [2.45, 2.75) is 19.6 Å². The monoisotopic (exact) mass is 269 g/mol. The summed E-state index contributed by atoms with van der Waals surface area (Å²) in [6.07, 6.45) is 3.98. The normalized spacial score (nSPS) is 15.8. The summed E-state index contributed by atoms with van der Waals surface area (Å²) in [7, 11) is 0. The lowest BCUT2D eigenvalue weighted by Gasteiger charge is -2.27. The molecule has 0 radical (unpaired) electrons. The summed E-state index contributed by atoms with van der Waals surface area (Å²) in [5.41, 5.74) is 1.45. The standard InChI is InChI=1S/C15H15N3S/c1-2-4-14-13(3-1)12(11-19-14)9-17-7-8-18-6-5-16-15(18)10-17/h1-6,11H,7-10H2. The predicted molar refractivity (Wildman–Crippen MR) is 78.2 cm³/mol. The van der Waals surface area contributed by atoms with E-state index in [1.165, 1.54) is 21.5 Å². The minimum absolute atomic E-state index is 0.956. The van der Waals surface area contributed by atoms with Crippen LogP contribution >= 0.6 is 11.3 Å². The van der Waals surface area contributed by atoms with Crippen LogP contribution in [0.3, 0.4) is 0 Å². The molecule has 0 atom stereocenters. The molecule has 4 rings (SSSR count). The second kappa shape index (κ2) is 4.47. The Morgan fingerprint density at radius 2 is 2.16 bits per heavy atom. The van der Waals surface area contributed by atoms with Crippen LogP contribution < -0.4 is 0 Å². The molecule has 1 aliphatic heterocycles. The number of rotatable bonds is 2. The van der Waals surface area contributed by atoms with E-state index in [0.717, 1.165) is 26.2 Å². The van der Waals surface area contributed by atoms with Gasteiger partial charge in [0, 0.05) is 36.7 Å². The van der Waals surface area contributed by atoms with Crippen molar-refractivity contribution in [2.24, 2.45) is 0 Å². The summed E-state index contributed by atoms with van der Waals surface area (Å²) in [4.78, 5) is 6.91. The summed E-state index contributed by atoms with van der Waals surface area (Å²) in [5, 5.41) is 3.70. The lowest BCUT2D eigenvalue weighted by molar-refractivity contribution is 0.210. The average molecular weight is 269 g/mol. The maximum absolute atomic E-state index is 4.42. The zero-order chi connectivity index (χ0) is 12.7. The Labute approximate surface area is 116 Å². The van der Waals surface area contributed by atoms with Crippen molar-refractivity contribution in [2.75, 3.05) is 6.54 Å². The Hall–Kier alpha value is -1.65. The van der Waals surface area contributed by atoms with Crippen LogP contribution in [0.2, 0.25) is 0 Å². The number of benzene rings is 1. The van der Waals surface area contributed by atoms with E-state index in [1.54, 1.807) is 0 Å². The lowest BCUT2D eigenvalue weighted by Crippen LogP contribution is -2.33. The Morgan fingerprint density at radius 1 is 1.21 bits per heavy atom. The molecule has 0 aliphatic carbocycles. The van der Waals surface area contributed by atoms with Gasteiger partial charge in [-0.2, -0.15) is 0 Å². The van der Waals surface area contributed by atoms with Gasteiger partial charge in [-0.05, 0) is 22.4 Å². The van der Waals surface area contributed by atoms with Gasteiger partial charge in [-0.3, -0.25) is 4.90 Å². The highest BCUT2D eigenvalue weighted by atomic mass is 32.1. The summed E-state index contributed by atoms with van der Waals surface area (Å²) in [6, 6.07) is 8.67. The van der Waals surface area contributed by atoms with E-state index in [-0.39, 0.29) is 0 Å². The van der Waals surface area contributed by atoms with E-state index in [2.05, 4.69) is 50.3 Å². The van der Waals surface area contributed by atoms with Crippen LogP contribution in [0, 0.1) is 0 Å². The second-order valence-corrected chi connectivity index (χ2v) is 5.92. The summed E-state index contributed by atoms with van der Waals surface area (Å²) in [6.45, 7) is 4.14. The number of hydrogen-bond acceptors (Lipinski definition) is 3. The van der Waals surface area contributed by atoms with Gasteiger partial charge in [0.05, 0.1) is 6.54 Å². The third-order valence-electron chi connectivity index (χ3n) is 3.78. The van der Waals surface area contributed by atoms with Crippen molar-refractivity contribution in [3.8, 4) is 0 Å². The Morgan fingerprint density at radius 3 is 3.16 bits per heavy atom. The fourth-order valence-electron chi connectivity index (χ4n) is 2.75. The molecule has 0 unspecified atom stereocenters. The fourth-order valence-corrected chi connectivity index (χ4v) is 3.71. The minimum Gasteiger partial charge on any atom is -0.333 e. The quantitative estimate of drug-likeness (QED) is 0.713. The Bertz CT molecular complexity index is 713. The first kappa shape index (κ1) is 11.2.